The highest BCUT2D eigenvalue weighted by molar-refractivity contribution is 7.89. The number of aliphatic hydroxyl groups excluding tert-OH is 3. The summed E-state index contributed by atoms with van der Waals surface area (Å²) in [4.78, 5) is 36.6. The molecule has 1 aliphatic heterocycles. The minimum atomic E-state index is -3.98. The van der Waals surface area contributed by atoms with Crippen LogP contribution >= 0.6 is 0 Å². The summed E-state index contributed by atoms with van der Waals surface area (Å²) in [5.41, 5.74) is 2.36. The van der Waals surface area contributed by atoms with E-state index in [2.05, 4.69) is 35.5 Å². The molecule has 4 rings (SSSR count). The first-order chi connectivity index (χ1) is 21.7. The Balaban J connectivity index is 1.42. The molecule has 3 aromatic rings. The van der Waals surface area contributed by atoms with Crippen LogP contribution in [-0.2, 0) is 52.6 Å². The van der Waals surface area contributed by atoms with Gasteiger partial charge in [0.2, 0.25) is 16.3 Å². The van der Waals surface area contributed by atoms with Gasteiger partial charge in [-0.05, 0) is 46.4 Å². The van der Waals surface area contributed by atoms with Gasteiger partial charge >= 0.3 is 11.9 Å². The second-order valence-electron chi connectivity index (χ2n) is 11.6. The molecule has 0 aliphatic carbocycles. The molecule has 1 aliphatic rings. The van der Waals surface area contributed by atoms with Crippen molar-refractivity contribution in [2.45, 2.75) is 74.9 Å². The lowest BCUT2D eigenvalue weighted by Gasteiger charge is -2.37. The van der Waals surface area contributed by atoms with Crippen molar-refractivity contribution in [3.8, 4) is 5.75 Å². The Bertz CT molecular complexity index is 1600. The van der Waals surface area contributed by atoms with E-state index in [9.17, 15) is 33.3 Å². The molecule has 2 heterocycles. The van der Waals surface area contributed by atoms with Gasteiger partial charge in [-0.3, -0.25) is 9.87 Å². The van der Waals surface area contributed by atoms with Crippen LogP contribution in [0.2, 0.25) is 0 Å². The number of aliphatic carboxylic acids is 1. The number of hydrogen-bond acceptors (Lipinski definition) is 12. The van der Waals surface area contributed by atoms with Crippen LogP contribution in [0.1, 0.15) is 37.5 Å². The number of carbonyl (C=O) groups is 2. The Labute approximate surface area is 265 Å². The van der Waals surface area contributed by atoms with Crippen LogP contribution in [0, 0.1) is 0 Å². The molecular weight excluding hydrogens is 624 g/mol. The van der Waals surface area contributed by atoms with E-state index < -0.39 is 59.3 Å². The Kier molecular flexibility index (Phi) is 11.1. The minimum Gasteiger partial charge on any atom is -0.482 e. The highest BCUT2D eigenvalue weighted by atomic mass is 32.2. The van der Waals surface area contributed by atoms with Gasteiger partial charge in [0, 0.05) is 25.5 Å². The molecule has 1 unspecified atom stereocenters. The zero-order valence-corrected chi connectivity index (χ0v) is 26.1. The molecule has 248 valence electrons. The number of aliphatic hydroxyl groups is 3. The summed E-state index contributed by atoms with van der Waals surface area (Å²) in [6.07, 6.45) is -6.88. The number of carboxylic acids is 1. The first kappa shape index (κ1) is 34.9. The Morgan fingerprint density at radius 3 is 2.26 bits per heavy atom. The monoisotopic (exact) mass is 660 g/mol. The summed E-state index contributed by atoms with van der Waals surface area (Å²) < 4.78 is 39.0. The predicted octanol–water partition coefficient (Wildman–Crippen LogP) is 1.52. The predicted molar refractivity (Wildman–Crippen MR) is 159 cm³/mol. The minimum absolute atomic E-state index is 0.0280. The van der Waals surface area contributed by atoms with Crippen molar-refractivity contribution in [2.24, 2.45) is 0 Å². The number of sulfonamides is 1. The van der Waals surface area contributed by atoms with Gasteiger partial charge in [0.15, 0.2) is 12.7 Å². The number of aromatic nitrogens is 1. The second kappa shape index (κ2) is 14.6. The van der Waals surface area contributed by atoms with Crippen LogP contribution < -0.4 is 4.74 Å². The van der Waals surface area contributed by atoms with Gasteiger partial charge < -0.3 is 29.9 Å². The van der Waals surface area contributed by atoms with Crippen molar-refractivity contribution in [2.75, 3.05) is 6.61 Å². The topological polar surface area (TPSA) is 202 Å². The van der Waals surface area contributed by atoms with E-state index in [0.717, 1.165) is 11.1 Å². The third-order valence-electron chi connectivity index (χ3n) is 7.11. The smallest absolute Gasteiger partial charge is 0.379 e. The SMILES string of the molecule is CC(C)(C)c1ccc(CN(Cc2cccc(OCC(=O)OOC3O[C@H](C(=O)O)[C@@H](O)[C@H](O)[C@H]3O)c2)S(=O)(=O)c2cccnc2)cc1. The number of pyridine rings is 1. The Morgan fingerprint density at radius 2 is 1.63 bits per heavy atom. The molecular formula is C31H36N2O12S. The highest BCUT2D eigenvalue weighted by Gasteiger charge is 2.48. The number of benzene rings is 2. The van der Waals surface area contributed by atoms with Crippen molar-refractivity contribution in [1.29, 1.82) is 0 Å². The fourth-order valence-electron chi connectivity index (χ4n) is 4.52. The van der Waals surface area contributed by atoms with Gasteiger partial charge in [0.25, 0.3) is 0 Å². The number of carboxylic acid groups (broad SMARTS) is 1. The molecule has 0 bridgehead atoms. The maximum atomic E-state index is 13.7. The first-order valence-electron chi connectivity index (χ1n) is 14.2. The molecule has 1 fully saturated rings. The number of carbonyl (C=O) groups excluding carboxylic acids is 1. The third-order valence-corrected chi connectivity index (χ3v) is 8.89. The zero-order valence-electron chi connectivity index (χ0n) is 25.3. The van der Waals surface area contributed by atoms with Crippen molar-refractivity contribution in [3.05, 3.63) is 89.7 Å². The fourth-order valence-corrected chi connectivity index (χ4v) is 5.91. The quantitative estimate of drug-likeness (QED) is 0.161. The molecule has 0 radical (unpaired) electrons. The normalized spacial score (nSPS) is 21.9. The van der Waals surface area contributed by atoms with E-state index in [0.29, 0.717) is 5.56 Å². The lowest BCUT2D eigenvalue weighted by Crippen LogP contribution is -2.60. The molecule has 2 aromatic carbocycles. The van der Waals surface area contributed by atoms with E-state index in [1.165, 1.54) is 34.9 Å². The van der Waals surface area contributed by atoms with Crippen molar-refractivity contribution >= 4 is 22.0 Å². The van der Waals surface area contributed by atoms with Crippen molar-refractivity contribution in [3.63, 3.8) is 0 Å². The number of rotatable bonds is 12. The van der Waals surface area contributed by atoms with Crippen molar-refractivity contribution < 1.29 is 57.7 Å². The number of hydrogen-bond donors (Lipinski definition) is 4. The van der Waals surface area contributed by atoms with E-state index >= 15 is 0 Å². The van der Waals surface area contributed by atoms with Crippen LogP contribution in [0.25, 0.3) is 0 Å². The molecule has 14 nitrogen and oxygen atoms in total. The molecule has 0 saturated carbocycles. The largest absolute Gasteiger partial charge is 0.482 e. The average Bonchev–Trinajstić information content (AvgIpc) is 3.02. The third kappa shape index (κ3) is 8.64. The zero-order chi connectivity index (χ0) is 33.6. The molecule has 0 amide bonds. The number of ether oxygens (including phenoxy) is 2. The summed E-state index contributed by atoms with van der Waals surface area (Å²) in [7, 11) is -3.98. The fraction of sp³-hybridized carbons (Fsp3) is 0.387. The van der Waals surface area contributed by atoms with Crippen LogP contribution in [0.4, 0.5) is 0 Å². The summed E-state index contributed by atoms with van der Waals surface area (Å²) in [6.45, 7) is 5.60. The molecule has 1 saturated heterocycles. The van der Waals surface area contributed by atoms with E-state index in [1.807, 2.05) is 24.3 Å². The Morgan fingerprint density at radius 1 is 0.935 bits per heavy atom. The lowest BCUT2D eigenvalue weighted by molar-refractivity contribution is -0.401. The van der Waals surface area contributed by atoms with Crippen LogP contribution in [0.3, 0.4) is 0 Å². The molecule has 5 atom stereocenters. The number of nitrogens with zero attached hydrogens (tertiary/aromatic N) is 2. The van der Waals surface area contributed by atoms with E-state index in [4.69, 9.17) is 14.6 Å². The van der Waals surface area contributed by atoms with Gasteiger partial charge in [-0.25, -0.2) is 18.0 Å². The van der Waals surface area contributed by atoms with Gasteiger partial charge in [-0.15, -0.1) is 4.89 Å². The Hall–Kier alpha value is -3.96. The molecule has 15 heteroatoms. The molecule has 0 spiro atoms. The first-order valence-corrected chi connectivity index (χ1v) is 15.6. The summed E-state index contributed by atoms with van der Waals surface area (Å²) in [5.74, 6) is -2.54. The highest BCUT2D eigenvalue weighted by Crippen LogP contribution is 2.26. The van der Waals surface area contributed by atoms with Gasteiger partial charge in [0.05, 0.1) is 0 Å². The van der Waals surface area contributed by atoms with Gasteiger partial charge in [0.1, 0.15) is 29.0 Å². The van der Waals surface area contributed by atoms with Gasteiger partial charge in [-0.1, -0.05) is 57.2 Å². The summed E-state index contributed by atoms with van der Waals surface area (Å²) >= 11 is 0. The second-order valence-corrected chi connectivity index (χ2v) is 13.6. The molecule has 46 heavy (non-hydrogen) atoms. The molecule has 1 aromatic heterocycles. The molecule has 4 N–H and O–H groups in total. The maximum Gasteiger partial charge on any atom is 0.379 e. The summed E-state index contributed by atoms with van der Waals surface area (Å²) in [6, 6.07) is 17.1. The van der Waals surface area contributed by atoms with Crippen LogP contribution in [0.5, 0.6) is 5.75 Å². The average molecular weight is 661 g/mol. The standard InChI is InChI=1S/C31H36N2O12S/c1-31(2,3)21-11-9-19(10-12-21)16-33(46(40,41)23-8-5-13-32-15-23)17-20-6-4-7-22(14-20)42-18-24(34)44-45-30-27(37)25(35)26(36)28(43-30)29(38)39/h4-15,25-28,30,35-37H,16-18H2,1-3H3,(H,38,39)/t25-,26-,27+,28-,30?/m0/s1. The van der Waals surface area contributed by atoms with Crippen LogP contribution in [-0.4, -0.2) is 87.4 Å². The summed E-state index contributed by atoms with van der Waals surface area (Å²) in [5, 5.41) is 38.7. The lowest BCUT2D eigenvalue weighted by atomic mass is 9.87. The van der Waals surface area contributed by atoms with E-state index in [-0.39, 0.29) is 29.1 Å². The maximum absolute atomic E-state index is 13.7. The van der Waals surface area contributed by atoms with Crippen LogP contribution in [0.15, 0.2) is 78.0 Å². The van der Waals surface area contributed by atoms with Crippen molar-refractivity contribution in [1.82, 2.24) is 9.29 Å². The van der Waals surface area contributed by atoms with E-state index in [1.54, 1.807) is 18.2 Å². The van der Waals surface area contributed by atoms with Gasteiger partial charge in [-0.2, -0.15) is 4.31 Å².